The number of benzene rings is 2. The lowest BCUT2D eigenvalue weighted by molar-refractivity contribution is -0.133. The molecular formula is C21H21F2N5O3. The van der Waals surface area contributed by atoms with Gasteiger partial charge in [-0.3, -0.25) is 14.8 Å². The molecule has 1 aromatic heterocycles. The Morgan fingerprint density at radius 2 is 1.90 bits per heavy atom. The molecule has 0 saturated carbocycles. The van der Waals surface area contributed by atoms with Crippen LogP contribution >= 0.6 is 0 Å². The van der Waals surface area contributed by atoms with Gasteiger partial charge in [-0.05, 0) is 29.8 Å². The van der Waals surface area contributed by atoms with E-state index < -0.39 is 24.3 Å². The van der Waals surface area contributed by atoms with Gasteiger partial charge in [0.1, 0.15) is 0 Å². The molecule has 0 spiro atoms. The Labute approximate surface area is 176 Å². The Morgan fingerprint density at radius 1 is 1.16 bits per heavy atom. The Morgan fingerprint density at radius 3 is 2.61 bits per heavy atom. The molecule has 1 aliphatic rings. The molecule has 1 fully saturated rings. The highest BCUT2D eigenvalue weighted by atomic mass is 19.3. The first kappa shape index (κ1) is 20.9. The Kier molecular flexibility index (Phi) is 5.92. The first-order valence-electron chi connectivity index (χ1n) is 9.75. The zero-order valence-corrected chi connectivity index (χ0v) is 16.4. The minimum Gasteiger partial charge on any atom is -0.347 e. The number of imidazole rings is 1. The summed E-state index contributed by atoms with van der Waals surface area (Å²) in [6.45, 7) is 0.945. The first-order valence-corrected chi connectivity index (χ1v) is 9.75. The quantitative estimate of drug-likeness (QED) is 0.353. The summed E-state index contributed by atoms with van der Waals surface area (Å²) >= 11 is 0. The first-order chi connectivity index (χ1) is 15.0. The van der Waals surface area contributed by atoms with Crippen molar-refractivity contribution in [2.24, 2.45) is 5.92 Å². The standard InChI is InChI=1S/C21H21F2N5O3/c22-18(23)19-25-15-3-1-2-4-17(15)28(19)11-12-5-7-13(8-6-12)20(29)26-16-10-24-9-14(16)21(30)27-31/h1-8,14,16,18,24,31H,9-11H2,(H,26,29)(H,27,30)/t14-,16+/m0/s1. The van der Waals surface area contributed by atoms with E-state index in [2.05, 4.69) is 15.6 Å². The van der Waals surface area contributed by atoms with Crippen LogP contribution in [0.2, 0.25) is 0 Å². The van der Waals surface area contributed by atoms with Crippen molar-refractivity contribution in [1.82, 2.24) is 25.7 Å². The molecule has 1 aliphatic heterocycles. The van der Waals surface area contributed by atoms with Crippen molar-refractivity contribution in [3.05, 3.63) is 65.5 Å². The third-order valence-corrected chi connectivity index (χ3v) is 5.41. The van der Waals surface area contributed by atoms with Gasteiger partial charge in [0.05, 0.1) is 23.0 Å². The number of carbonyl (C=O) groups excluding carboxylic acids is 2. The molecule has 2 aromatic carbocycles. The number of fused-ring (bicyclic) bond motifs is 1. The molecule has 10 heteroatoms. The summed E-state index contributed by atoms with van der Waals surface area (Å²) in [5.41, 5.74) is 3.84. The summed E-state index contributed by atoms with van der Waals surface area (Å²) < 4.78 is 28.4. The average molecular weight is 429 g/mol. The summed E-state index contributed by atoms with van der Waals surface area (Å²) in [5.74, 6) is -1.80. The number of halogens is 2. The van der Waals surface area contributed by atoms with E-state index in [1.54, 1.807) is 54.0 Å². The number of rotatable bonds is 6. The van der Waals surface area contributed by atoms with Gasteiger partial charge in [-0.2, -0.15) is 0 Å². The van der Waals surface area contributed by atoms with Crippen LogP contribution in [0.4, 0.5) is 8.78 Å². The molecule has 0 aliphatic carbocycles. The normalized spacial score (nSPS) is 18.5. The van der Waals surface area contributed by atoms with E-state index in [0.717, 1.165) is 5.56 Å². The van der Waals surface area contributed by atoms with E-state index in [0.29, 0.717) is 29.7 Å². The fourth-order valence-electron chi connectivity index (χ4n) is 3.81. The number of amides is 2. The topological polar surface area (TPSA) is 108 Å². The molecule has 0 bridgehead atoms. The highest BCUT2D eigenvalue weighted by Gasteiger charge is 2.34. The van der Waals surface area contributed by atoms with Crippen LogP contribution in [0, 0.1) is 5.92 Å². The van der Waals surface area contributed by atoms with Crippen molar-refractivity contribution in [2.45, 2.75) is 19.0 Å². The van der Waals surface area contributed by atoms with Crippen LogP contribution in [0.3, 0.4) is 0 Å². The van der Waals surface area contributed by atoms with Gasteiger partial charge in [0, 0.05) is 25.2 Å². The van der Waals surface area contributed by atoms with Gasteiger partial charge < -0.3 is 15.2 Å². The molecule has 2 heterocycles. The van der Waals surface area contributed by atoms with Crippen molar-refractivity contribution in [3.8, 4) is 0 Å². The fraction of sp³-hybridized carbons (Fsp3) is 0.286. The van der Waals surface area contributed by atoms with E-state index >= 15 is 0 Å². The molecule has 2 atom stereocenters. The maximum absolute atomic E-state index is 13.5. The maximum Gasteiger partial charge on any atom is 0.295 e. The number of para-hydroxylation sites is 2. The number of alkyl halides is 2. The molecule has 2 amide bonds. The Hall–Kier alpha value is -3.37. The zero-order valence-electron chi connectivity index (χ0n) is 16.4. The van der Waals surface area contributed by atoms with Crippen LogP contribution in [0.5, 0.6) is 0 Å². The molecule has 31 heavy (non-hydrogen) atoms. The van der Waals surface area contributed by atoms with E-state index in [-0.39, 0.29) is 18.3 Å². The lowest BCUT2D eigenvalue weighted by Gasteiger charge is -2.18. The maximum atomic E-state index is 13.5. The second kappa shape index (κ2) is 8.78. The van der Waals surface area contributed by atoms with Crippen molar-refractivity contribution in [2.75, 3.05) is 13.1 Å². The fourth-order valence-corrected chi connectivity index (χ4v) is 3.81. The second-order valence-corrected chi connectivity index (χ2v) is 7.36. The van der Waals surface area contributed by atoms with Gasteiger partial charge in [0.2, 0.25) is 5.91 Å². The summed E-state index contributed by atoms with van der Waals surface area (Å²) in [5, 5.41) is 14.6. The highest BCUT2D eigenvalue weighted by Crippen LogP contribution is 2.25. The number of aromatic nitrogens is 2. The monoisotopic (exact) mass is 429 g/mol. The number of nitrogens with zero attached hydrogens (tertiary/aromatic N) is 2. The minimum atomic E-state index is -2.71. The van der Waals surface area contributed by atoms with Crippen LogP contribution < -0.4 is 16.1 Å². The smallest absolute Gasteiger partial charge is 0.295 e. The molecule has 0 radical (unpaired) electrons. The second-order valence-electron chi connectivity index (χ2n) is 7.36. The predicted molar refractivity (Wildman–Crippen MR) is 108 cm³/mol. The van der Waals surface area contributed by atoms with Gasteiger partial charge in [0.25, 0.3) is 12.3 Å². The van der Waals surface area contributed by atoms with Gasteiger partial charge in [0.15, 0.2) is 5.82 Å². The number of hydrogen-bond donors (Lipinski definition) is 4. The number of nitrogens with one attached hydrogen (secondary N) is 3. The van der Waals surface area contributed by atoms with E-state index in [9.17, 15) is 18.4 Å². The van der Waals surface area contributed by atoms with Crippen molar-refractivity contribution in [3.63, 3.8) is 0 Å². The Bertz CT molecular complexity index is 1100. The molecule has 4 N–H and O–H groups in total. The predicted octanol–water partition coefficient (Wildman–Crippen LogP) is 1.85. The van der Waals surface area contributed by atoms with Gasteiger partial charge in [-0.25, -0.2) is 19.2 Å². The summed E-state index contributed by atoms with van der Waals surface area (Å²) in [6, 6.07) is 13.1. The number of carbonyl (C=O) groups is 2. The Balaban J connectivity index is 1.49. The number of hydrogen-bond acceptors (Lipinski definition) is 5. The van der Waals surface area contributed by atoms with Gasteiger partial charge in [-0.15, -0.1) is 0 Å². The summed E-state index contributed by atoms with van der Waals surface area (Å²) in [7, 11) is 0. The summed E-state index contributed by atoms with van der Waals surface area (Å²) in [4.78, 5) is 28.3. The third-order valence-electron chi connectivity index (χ3n) is 5.41. The molecule has 3 aromatic rings. The third kappa shape index (κ3) is 4.25. The lowest BCUT2D eigenvalue weighted by Crippen LogP contribution is -2.45. The van der Waals surface area contributed by atoms with Crippen LogP contribution in [0.15, 0.2) is 48.5 Å². The van der Waals surface area contributed by atoms with Crippen molar-refractivity contribution in [1.29, 1.82) is 0 Å². The molecule has 8 nitrogen and oxygen atoms in total. The average Bonchev–Trinajstić information content (AvgIpc) is 3.38. The van der Waals surface area contributed by atoms with Gasteiger partial charge >= 0.3 is 0 Å². The van der Waals surface area contributed by atoms with Crippen LogP contribution in [0.25, 0.3) is 11.0 Å². The van der Waals surface area contributed by atoms with E-state index in [4.69, 9.17) is 5.21 Å². The van der Waals surface area contributed by atoms with Crippen LogP contribution in [-0.2, 0) is 11.3 Å². The minimum absolute atomic E-state index is 0.188. The van der Waals surface area contributed by atoms with E-state index in [1.807, 2.05) is 0 Å². The largest absolute Gasteiger partial charge is 0.347 e. The molecule has 1 saturated heterocycles. The van der Waals surface area contributed by atoms with Crippen molar-refractivity contribution < 1.29 is 23.6 Å². The summed E-state index contributed by atoms with van der Waals surface area (Å²) in [6.07, 6.45) is -2.71. The molecule has 4 rings (SSSR count). The van der Waals surface area contributed by atoms with Crippen molar-refractivity contribution >= 4 is 22.8 Å². The zero-order chi connectivity index (χ0) is 22.0. The number of hydroxylamine groups is 1. The van der Waals surface area contributed by atoms with Gasteiger partial charge in [-0.1, -0.05) is 24.3 Å². The van der Waals surface area contributed by atoms with E-state index in [1.165, 1.54) is 4.57 Å². The SMILES string of the molecule is O=C(N[C@@H]1CNC[C@@H]1C(=O)NO)c1ccc(Cn2c(C(F)F)nc3ccccc32)cc1. The molecule has 162 valence electrons. The van der Waals surface area contributed by atoms with Crippen LogP contribution in [-0.4, -0.2) is 45.7 Å². The highest BCUT2D eigenvalue weighted by molar-refractivity contribution is 5.95. The molecule has 0 unspecified atom stereocenters. The lowest BCUT2D eigenvalue weighted by atomic mass is 10.0. The molecular weight excluding hydrogens is 408 g/mol. The van der Waals surface area contributed by atoms with Crippen LogP contribution in [0.1, 0.15) is 28.2 Å².